The Bertz CT molecular complexity index is 3150. The molecule has 5 aromatic rings. The van der Waals surface area contributed by atoms with Crippen molar-refractivity contribution in [3.63, 3.8) is 0 Å². The molecule has 79 heavy (non-hydrogen) atoms. The molecule has 2 aliphatic rings. The van der Waals surface area contributed by atoms with Gasteiger partial charge in [-0.3, -0.25) is 33.6 Å². The van der Waals surface area contributed by atoms with Crippen LogP contribution >= 0.6 is 23.2 Å². The van der Waals surface area contributed by atoms with E-state index in [0.29, 0.717) is 0 Å². The first-order valence-electron chi connectivity index (χ1n) is 23.8. The minimum absolute atomic E-state index is 0.111. The van der Waals surface area contributed by atoms with Gasteiger partial charge in [-0.1, -0.05) is 67.4 Å². The number of benzene rings is 5. The third-order valence-corrected chi connectivity index (χ3v) is 12.8. The van der Waals surface area contributed by atoms with Crippen LogP contribution in [0.1, 0.15) is 84.8 Å². The number of hydrogen-bond donors (Lipinski definition) is 16. The number of phenolic OH excluding ortho intramolecular Hbond substituents is 5. The highest BCUT2D eigenvalue weighted by molar-refractivity contribution is 6.32. The summed E-state index contributed by atoms with van der Waals surface area (Å²) in [6, 6.07) is 3.82. The number of rotatable bonds is 17. The van der Waals surface area contributed by atoms with Gasteiger partial charge in [0.2, 0.25) is 41.4 Å². The second-order valence-corrected chi connectivity index (χ2v) is 19.4. The van der Waals surface area contributed by atoms with Crippen LogP contribution in [0, 0.1) is 5.92 Å². The smallest absolute Gasteiger partial charge is 0.330 e. The molecule has 0 radical (unpaired) electrons. The van der Waals surface area contributed by atoms with Crippen molar-refractivity contribution in [3.8, 4) is 40.2 Å². The number of aliphatic carboxylic acids is 1. The van der Waals surface area contributed by atoms with E-state index < -0.39 is 137 Å². The van der Waals surface area contributed by atoms with Crippen molar-refractivity contribution in [3.05, 3.63) is 135 Å². The summed E-state index contributed by atoms with van der Waals surface area (Å²) in [5, 5.41) is 98.4. The predicted molar refractivity (Wildman–Crippen MR) is 278 cm³/mol. The van der Waals surface area contributed by atoms with Crippen LogP contribution in [0.25, 0.3) is 0 Å². The molecule has 7 amide bonds. The number of fused-ring (bicyclic) bond motifs is 9. The lowest BCUT2D eigenvalue weighted by atomic mass is 9.97. The summed E-state index contributed by atoms with van der Waals surface area (Å²) in [4.78, 5) is 111. The number of carboxylic acids is 1. The molecular weight excluding hydrogens is 1080 g/mol. The van der Waals surface area contributed by atoms with E-state index in [1.54, 1.807) is 13.8 Å². The third-order valence-electron chi connectivity index (χ3n) is 12.2. The number of ether oxygens (including phenoxy) is 1. The van der Waals surface area contributed by atoms with E-state index in [2.05, 4.69) is 31.9 Å². The molecule has 418 valence electrons. The summed E-state index contributed by atoms with van der Waals surface area (Å²) in [6.45, 7) is 3.54. The standard InChI is InChI=1S/C52H54Cl2N8O17/c1-21(2)13-32(55)46(71)61-42(44(69)24-6-10-34(66)30(53)16-24)50(75)57-33(20-38(56)68)47(72)58-40-23-5-11-35(67)37(18-23)79-36-12-7-25(17-31(36)54)45(70)43(51(76)60-41(52(77)78)26-14-28(64)19-29(65)15-26)62-48(73)39(59-49(40)74)22-3-8-27(63)9-4-22/h3-12,14-19,21,32-33,39-45,63-67,69-70H,13,20,55H2,1-2H3,(H2,56,68)(H,57,75)(H,58,72)(H,59,74)(H,60,76)(H,61,71)(H,62,73)(H,77,78). The minimum atomic E-state index is -2.19. The minimum Gasteiger partial charge on any atom is -0.508 e. The Morgan fingerprint density at radius 2 is 1.30 bits per heavy atom. The molecule has 9 atom stereocenters. The quantitative estimate of drug-likeness (QED) is 0.0630. The highest BCUT2D eigenvalue weighted by atomic mass is 35.5. The first-order chi connectivity index (χ1) is 37.2. The molecule has 7 rings (SSSR count). The number of nitrogens with two attached hydrogens (primary N) is 2. The number of aliphatic hydroxyl groups excluding tert-OH is 2. The van der Waals surface area contributed by atoms with E-state index in [9.17, 15) is 79.2 Å². The van der Waals surface area contributed by atoms with Crippen LogP contribution in [-0.4, -0.2) is 112 Å². The number of aliphatic hydroxyl groups is 2. The molecule has 0 saturated carbocycles. The highest BCUT2D eigenvalue weighted by Gasteiger charge is 2.40. The van der Waals surface area contributed by atoms with Gasteiger partial charge in [0.1, 0.15) is 71.2 Å². The molecule has 2 aliphatic heterocycles. The van der Waals surface area contributed by atoms with Crippen LogP contribution in [0.5, 0.6) is 40.2 Å². The van der Waals surface area contributed by atoms with Crippen molar-refractivity contribution in [1.29, 1.82) is 0 Å². The fourth-order valence-corrected chi connectivity index (χ4v) is 8.60. The monoisotopic (exact) mass is 1130 g/mol. The molecule has 18 N–H and O–H groups in total. The predicted octanol–water partition coefficient (Wildman–Crippen LogP) is 1.75. The average molecular weight is 1130 g/mol. The lowest BCUT2D eigenvalue weighted by molar-refractivity contribution is -0.143. The zero-order chi connectivity index (χ0) is 58.2. The molecule has 2 heterocycles. The molecule has 9 unspecified atom stereocenters. The number of carboxylic acid groups (broad SMARTS) is 1. The molecular formula is C52H54Cl2N8O17. The largest absolute Gasteiger partial charge is 0.508 e. The van der Waals surface area contributed by atoms with Crippen molar-refractivity contribution in [2.75, 3.05) is 0 Å². The Hall–Kier alpha value is -8.88. The van der Waals surface area contributed by atoms with Crippen molar-refractivity contribution >= 4 is 70.5 Å². The number of primary amides is 1. The van der Waals surface area contributed by atoms with Gasteiger partial charge in [-0.05, 0) is 101 Å². The maximum absolute atomic E-state index is 14.9. The Labute approximate surface area is 458 Å². The van der Waals surface area contributed by atoms with Crippen LogP contribution in [0.4, 0.5) is 0 Å². The zero-order valence-electron chi connectivity index (χ0n) is 41.6. The number of aromatic hydroxyl groups is 5. The van der Waals surface area contributed by atoms with Crippen molar-refractivity contribution in [1.82, 2.24) is 31.9 Å². The maximum Gasteiger partial charge on any atom is 0.330 e. The molecule has 27 heteroatoms. The summed E-state index contributed by atoms with van der Waals surface area (Å²) in [6.07, 6.45) is -4.96. The molecule has 0 aliphatic carbocycles. The number of carbonyl (C=O) groups excluding carboxylic acids is 7. The number of phenols is 5. The molecule has 0 spiro atoms. The summed E-state index contributed by atoms with van der Waals surface area (Å²) in [5.41, 5.74) is 10.6. The summed E-state index contributed by atoms with van der Waals surface area (Å²) >= 11 is 12.7. The summed E-state index contributed by atoms with van der Waals surface area (Å²) < 4.78 is 5.93. The van der Waals surface area contributed by atoms with Gasteiger partial charge in [-0.2, -0.15) is 0 Å². The van der Waals surface area contributed by atoms with Crippen LogP contribution in [0.3, 0.4) is 0 Å². The lowest BCUT2D eigenvalue weighted by Crippen LogP contribution is -2.59. The van der Waals surface area contributed by atoms with Crippen molar-refractivity contribution in [2.24, 2.45) is 17.4 Å². The van der Waals surface area contributed by atoms with Gasteiger partial charge in [0, 0.05) is 6.07 Å². The van der Waals surface area contributed by atoms with Gasteiger partial charge < -0.3 is 89.0 Å². The first-order valence-corrected chi connectivity index (χ1v) is 24.5. The molecule has 5 aromatic carbocycles. The lowest BCUT2D eigenvalue weighted by Gasteiger charge is -2.30. The fraction of sp³-hybridized carbons (Fsp3) is 0.269. The Morgan fingerprint density at radius 1 is 0.671 bits per heavy atom. The SMILES string of the molecule is CC(C)CC(N)C(=O)NC(C(=O)NC(CC(N)=O)C(=O)NC1C(=O)NC(c2ccc(O)cc2)C(=O)NC(C(=O)NC(C(=O)O)c2cc(O)cc(O)c2)C(O)c2ccc(c(Cl)c2)Oc2cc1ccc2O)C(O)c1ccc(O)c(Cl)c1. The van der Waals surface area contributed by atoms with E-state index in [1.165, 1.54) is 30.3 Å². The molecule has 25 nitrogen and oxygen atoms in total. The number of halogens is 2. The van der Waals surface area contributed by atoms with Crippen LogP contribution in [0.2, 0.25) is 10.0 Å². The fourth-order valence-electron chi connectivity index (χ4n) is 8.19. The van der Waals surface area contributed by atoms with E-state index >= 15 is 0 Å². The van der Waals surface area contributed by atoms with Crippen LogP contribution in [0.15, 0.2) is 97.1 Å². The Morgan fingerprint density at radius 3 is 1.91 bits per heavy atom. The van der Waals surface area contributed by atoms with Gasteiger partial charge in [-0.25, -0.2) is 4.79 Å². The second-order valence-electron chi connectivity index (χ2n) is 18.6. The normalized spacial score (nSPS) is 18.3. The molecule has 4 bridgehead atoms. The van der Waals surface area contributed by atoms with Crippen LogP contribution in [-0.2, 0) is 38.4 Å². The summed E-state index contributed by atoms with van der Waals surface area (Å²) in [7, 11) is 0. The van der Waals surface area contributed by atoms with Gasteiger partial charge in [0.25, 0.3) is 0 Å². The Balaban J connectivity index is 1.43. The maximum atomic E-state index is 14.9. The zero-order valence-corrected chi connectivity index (χ0v) is 43.1. The van der Waals surface area contributed by atoms with Crippen molar-refractivity contribution in [2.45, 2.75) is 81.2 Å². The Kier molecular flexibility index (Phi) is 19.2. The van der Waals surface area contributed by atoms with Gasteiger partial charge in [0.05, 0.1) is 22.5 Å². The molecule has 0 fully saturated rings. The number of nitrogens with one attached hydrogen (secondary N) is 6. The van der Waals surface area contributed by atoms with E-state index in [0.717, 1.165) is 66.7 Å². The average Bonchev–Trinajstić information content (AvgIpc) is 3.38. The second kappa shape index (κ2) is 25.5. The van der Waals surface area contributed by atoms with E-state index in [-0.39, 0.29) is 61.7 Å². The number of carbonyl (C=O) groups is 8. The number of amides is 7. The first kappa shape index (κ1) is 59.4. The van der Waals surface area contributed by atoms with Gasteiger partial charge >= 0.3 is 5.97 Å². The van der Waals surface area contributed by atoms with E-state index in [4.69, 9.17) is 39.4 Å². The molecule has 0 aromatic heterocycles. The highest BCUT2D eigenvalue weighted by Crippen LogP contribution is 2.39. The number of hydrogen-bond acceptors (Lipinski definition) is 17. The van der Waals surface area contributed by atoms with Crippen molar-refractivity contribution < 1.29 is 83.9 Å². The topological polar surface area (TPSA) is 432 Å². The molecule has 0 saturated heterocycles. The van der Waals surface area contributed by atoms with Gasteiger partial charge in [-0.15, -0.1) is 0 Å². The van der Waals surface area contributed by atoms with Crippen LogP contribution < -0.4 is 48.1 Å². The third kappa shape index (κ3) is 15.0. The summed E-state index contributed by atoms with van der Waals surface area (Å²) in [5.74, 6) is -13.7. The van der Waals surface area contributed by atoms with E-state index in [1.807, 2.05) is 0 Å². The van der Waals surface area contributed by atoms with Gasteiger partial charge in [0.15, 0.2) is 17.5 Å².